The van der Waals surface area contributed by atoms with Crippen molar-refractivity contribution in [3.8, 4) is 0 Å². The molecule has 18 heavy (non-hydrogen) atoms. The molecule has 0 aliphatic heterocycles. The van der Waals surface area contributed by atoms with Crippen molar-refractivity contribution in [3.05, 3.63) is 41.4 Å². The fourth-order valence-electron chi connectivity index (χ4n) is 1.41. The maximum atomic E-state index is 11.8. The lowest BCUT2D eigenvalue weighted by molar-refractivity contribution is 0.0950. The molecule has 4 nitrogen and oxygen atoms in total. The number of pyridine rings is 1. The first-order chi connectivity index (χ1) is 8.67. The van der Waals surface area contributed by atoms with Gasteiger partial charge in [0.25, 0.3) is 5.91 Å². The second-order valence-electron chi connectivity index (χ2n) is 3.67. The van der Waals surface area contributed by atoms with Crippen molar-refractivity contribution < 1.29 is 9.53 Å². The Morgan fingerprint density at radius 3 is 3.06 bits per heavy atom. The summed E-state index contributed by atoms with van der Waals surface area (Å²) in [6, 6.07) is 3.32. The quantitative estimate of drug-likeness (QED) is 0.470. The van der Waals surface area contributed by atoms with Crippen molar-refractivity contribution in [2.24, 2.45) is 0 Å². The van der Waals surface area contributed by atoms with Crippen LogP contribution in [0.4, 0.5) is 0 Å². The molecule has 5 heteroatoms. The molecule has 1 N–H and O–H groups in total. The summed E-state index contributed by atoms with van der Waals surface area (Å²) < 4.78 is 4.96. The molecule has 0 unspecified atom stereocenters. The van der Waals surface area contributed by atoms with Gasteiger partial charge in [0.1, 0.15) is 5.15 Å². The Hall–Kier alpha value is -1.55. The number of amides is 1. The zero-order chi connectivity index (χ0) is 13.4. The van der Waals surface area contributed by atoms with Crippen molar-refractivity contribution in [2.75, 3.05) is 13.2 Å². The zero-order valence-electron chi connectivity index (χ0n) is 10.4. The molecular formula is C13H17ClN2O2. The predicted octanol–water partition coefficient (Wildman–Crippen LogP) is 2.58. The Kier molecular flexibility index (Phi) is 6.22. The van der Waals surface area contributed by atoms with Gasteiger partial charge in [0, 0.05) is 17.8 Å². The van der Waals surface area contributed by atoms with Crippen LogP contribution in [0, 0.1) is 0 Å². The maximum Gasteiger partial charge on any atom is 0.251 e. The van der Waals surface area contributed by atoms with E-state index in [1.54, 1.807) is 12.1 Å². The van der Waals surface area contributed by atoms with Gasteiger partial charge < -0.3 is 10.1 Å². The molecule has 0 saturated heterocycles. The molecular weight excluding hydrogens is 252 g/mol. The minimum absolute atomic E-state index is 0.146. The number of hydrogen-bond acceptors (Lipinski definition) is 3. The average Bonchev–Trinajstić information content (AvgIpc) is 2.37. The molecule has 0 atom stereocenters. The molecule has 0 fully saturated rings. The molecule has 0 spiro atoms. The van der Waals surface area contributed by atoms with Gasteiger partial charge >= 0.3 is 0 Å². The minimum Gasteiger partial charge on any atom is -0.502 e. The van der Waals surface area contributed by atoms with Gasteiger partial charge in [-0.1, -0.05) is 25.1 Å². The van der Waals surface area contributed by atoms with E-state index in [1.165, 1.54) is 6.26 Å². The summed E-state index contributed by atoms with van der Waals surface area (Å²) in [5, 5.41) is 3.14. The van der Waals surface area contributed by atoms with Gasteiger partial charge in [0.05, 0.1) is 12.9 Å². The van der Waals surface area contributed by atoms with Crippen molar-refractivity contribution in [1.29, 1.82) is 0 Å². The standard InChI is InChI=1S/C13H17ClN2O2/c1-3-11-8-10(9-12(14)16-11)13(17)15-6-5-7-18-4-2/h4,8-9H,2-3,5-7H2,1H3,(H,15,17). The minimum atomic E-state index is -0.146. The topological polar surface area (TPSA) is 51.2 Å². The highest BCUT2D eigenvalue weighted by Crippen LogP contribution is 2.11. The largest absolute Gasteiger partial charge is 0.502 e. The summed E-state index contributed by atoms with van der Waals surface area (Å²) in [4.78, 5) is 15.9. The molecule has 0 aliphatic rings. The Labute approximate surface area is 112 Å². The fourth-order valence-corrected chi connectivity index (χ4v) is 1.63. The van der Waals surface area contributed by atoms with Gasteiger partial charge in [-0.2, -0.15) is 0 Å². The summed E-state index contributed by atoms with van der Waals surface area (Å²) in [6.45, 7) is 6.50. The molecule has 0 saturated carbocycles. The molecule has 1 aromatic rings. The number of rotatable bonds is 7. The average molecular weight is 269 g/mol. The van der Waals surface area contributed by atoms with Gasteiger partial charge in [-0.3, -0.25) is 4.79 Å². The monoisotopic (exact) mass is 268 g/mol. The van der Waals surface area contributed by atoms with Crippen LogP contribution in [0.2, 0.25) is 5.15 Å². The number of aromatic nitrogens is 1. The van der Waals surface area contributed by atoms with E-state index in [0.717, 1.165) is 18.5 Å². The predicted molar refractivity (Wildman–Crippen MR) is 71.7 cm³/mol. The smallest absolute Gasteiger partial charge is 0.251 e. The van der Waals surface area contributed by atoms with Gasteiger partial charge in [0.15, 0.2) is 0 Å². The third kappa shape index (κ3) is 4.75. The van der Waals surface area contributed by atoms with E-state index >= 15 is 0 Å². The van der Waals surface area contributed by atoms with Crippen LogP contribution in [-0.2, 0) is 11.2 Å². The van der Waals surface area contributed by atoms with Crippen LogP contribution in [0.5, 0.6) is 0 Å². The van der Waals surface area contributed by atoms with Crippen molar-refractivity contribution >= 4 is 17.5 Å². The SMILES string of the molecule is C=COCCCNC(=O)c1cc(Cl)nc(CC)c1. The lowest BCUT2D eigenvalue weighted by Gasteiger charge is -2.06. The summed E-state index contributed by atoms with van der Waals surface area (Å²) in [5.41, 5.74) is 1.35. The first-order valence-corrected chi connectivity index (χ1v) is 6.22. The number of halogens is 1. The van der Waals surface area contributed by atoms with Crippen LogP contribution in [0.1, 0.15) is 29.4 Å². The molecule has 0 aliphatic carbocycles. The van der Waals surface area contributed by atoms with E-state index in [0.29, 0.717) is 23.9 Å². The molecule has 1 heterocycles. The molecule has 98 valence electrons. The fraction of sp³-hybridized carbons (Fsp3) is 0.385. The summed E-state index contributed by atoms with van der Waals surface area (Å²) in [7, 11) is 0. The lowest BCUT2D eigenvalue weighted by Crippen LogP contribution is -2.25. The Morgan fingerprint density at radius 2 is 2.39 bits per heavy atom. The Bertz CT molecular complexity index is 421. The number of nitrogens with zero attached hydrogens (tertiary/aromatic N) is 1. The second-order valence-corrected chi connectivity index (χ2v) is 4.06. The molecule has 0 aromatic carbocycles. The third-order valence-corrected chi connectivity index (χ3v) is 2.51. The van der Waals surface area contributed by atoms with E-state index in [1.807, 2.05) is 6.92 Å². The van der Waals surface area contributed by atoms with Crippen molar-refractivity contribution in [3.63, 3.8) is 0 Å². The lowest BCUT2D eigenvalue weighted by atomic mass is 10.2. The van der Waals surface area contributed by atoms with Crippen LogP contribution in [-0.4, -0.2) is 24.0 Å². The van der Waals surface area contributed by atoms with Gasteiger partial charge in [-0.25, -0.2) is 4.98 Å². The van der Waals surface area contributed by atoms with E-state index in [9.17, 15) is 4.79 Å². The van der Waals surface area contributed by atoms with Gasteiger partial charge in [-0.05, 0) is 25.0 Å². The molecule has 1 amide bonds. The number of ether oxygens (including phenoxy) is 1. The van der Waals surface area contributed by atoms with Crippen LogP contribution < -0.4 is 5.32 Å². The van der Waals surface area contributed by atoms with Crippen LogP contribution in [0.3, 0.4) is 0 Å². The summed E-state index contributed by atoms with van der Waals surface area (Å²) >= 11 is 5.85. The van der Waals surface area contributed by atoms with Gasteiger partial charge in [-0.15, -0.1) is 0 Å². The van der Waals surface area contributed by atoms with Crippen LogP contribution >= 0.6 is 11.6 Å². The highest BCUT2D eigenvalue weighted by Gasteiger charge is 2.08. The van der Waals surface area contributed by atoms with E-state index in [-0.39, 0.29) is 5.91 Å². The second kappa shape index (κ2) is 7.71. The highest BCUT2D eigenvalue weighted by atomic mass is 35.5. The Morgan fingerprint density at radius 1 is 1.61 bits per heavy atom. The van der Waals surface area contributed by atoms with E-state index < -0.39 is 0 Å². The molecule has 0 radical (unpaired) electrons. The number of hydrogen-bond donors (Lipinski definition) is 1. The third-order valence-electron chi connectivity index (χ3n) is 2.31. The molecule has 1 aromatic heterocycles. The first-order valence-electron chi connectivity index (χ1n) is 5.84. The highest BCUT2D eigenvalue weighted by molar-refractivity contribution is 6.29. The summed E-state index contributed by atoms with van der Waals surface area (Å²) in [5.74, 6) is -0.146. The first kappa shape index (κ1) is 14.5. The molecule has 0 bridgehead atoms. The van der Waals surface area contributed by atoms with Crippen LogP contribution in [0.25, 0.3) is 0 Å². The molecule has 1 rings (SSSR count). The number of nitrogens with one attached hydrogen (secondary N) is 1. The van der Waals surface area contributed by atoms with Crippen molar-refractivity contribution in [1.82, 2.24) is 10.3 Å². The van der Waals surface area contributed by atoms with Crippen molar-refractivity contribution in [2.45, 2.75) is 19.8 Å². The number of aryl methyl sites for hydroxylation is 1. The Balaban J connectivity index is 2.50. The summed E-state index contributed by atoms with van der Waals surface area (Å²) in [6.07, 6.45) is 2.86. The number of carbonyl (C=O) groups excluding carboxylic acids is 1. The number of carbonyl (C=O) groups is 1. The van der Waals surface area contributed by atoms with E-state index in [4.69, 9.17) is 16.3 Å². The zero-order valence-corrected chi connectivity index (χ0v) is 11.2. The normalized spacial score (nSPS) is 9.89. The van der Waals surface area contributed by atoms with Crippen LogP contribution in [0.15, 0.2) is 25.0 Å². The van der Waals surface area contributed by atoms with E-state index in [2.05, 4.69) is 16.9 Å². The maximum absolute atomic E-state index is 11.8. The van der Waals surface area contributed by atoms with Gasteiger partial charge in [0.2, 0.25) is 0 Å².